The zero-order chi connectivity index (χ0) is 21.2. The van der Waals surface area contributed by atoms with Crippen LogP contribution < -0.4 is 14.3 Å². The minimum Gasteiger partial charge on any atom is -0.497 e. The van der Waals surface area contributed by atoms with E-state index < -0.39 is 15.7 Å². The zero-order valence-corrected chi connectivity index (χ0v) is 17.6. The van der Waals surface area contributed by atoms with Gasteiger partial charge in [0.05, 0.1) is 41.4 Å². The molecule has 1 amide bonds. The number of methoxy groups -OCH3 is 2. The van der Waals surface area contributed by atoms with Gasteiger partial charge in [0, 0.05) is 12.3 Å². The van der Waals surface area contributed by atoms with E-state index in [9.17, 15) is 13.2 Å². The molecule has 0 saturated heterocycles. The number of carbonyl (C=O) groups is 1. The molecule has 0 radical (unpaired) electrons. The average molecular weight is 431 g/mol. The van der Waals surface area contributed by atoms with Gasteiger partial charge in [-0.05, 0) is 30.3 Å². The summed E-state index contributed by atoms with van der Waals surface area (Å²) in [7, 11) is -0.387. The van der Waals surface area contributed by atoms with Gasteiger partial charge in [-0.25, -0.2) is 8.42 Å². The number of nitrogens with zero attached hydrogens (tertiary/aromatic N) is 2. The van der Waals surface area contributed by atoms with Crippen molar-refractivity contribution in [1.29, 1.82) is 0 Å². The molecule has 0 spiro atoms. The maximum atomic E-state index is 12.8. The van der Waals surface area contributed by atoms with E-state index in [0.29, 0.717) is 26.5 Å². The van der Waals surface area contributed by atoms with Gasteiger partial charge in [0.1, 0.15) is 11.5 Å². The summed E-state index contributed by atoms with van der Waals surface area (Å²) < 4.78 is 36.5. The molecular formula is C20H18N2O5S2. The van der Waals surface area contributed by atoms with E-state index in [1.165, 1.54) is 31.6 Å². The van der Waals surface area contributed by atoms with E-state index in [2.05, 4.69) is 10.9 Å². The number of fused-ring (bicyclic) bond motifs is 1. The van der Waals surface area contributed by atoms with Crippen molar-refractivity contribution >= 4 is 37.3 Å². The van der Waals surface area contributed by atoms with Crippen LogP contribution in [-0.4, -0.2) is 39.4 Å². The standard InChI is InChI=1S/C20H18N2O5S2/c1-5-10-22-16-9-7-14(29(4,24)25)12-18(16)28-20(22)21-19(23)15-8-6-13(26-2)11-17(15)27-3/h1,6-9,11-12H,10H2,2-4H3. The maximum absolute atomic E-state index is 12.8. The van der Waals surface area contributed by atoms with E-state index in [1.54, 1.807) is 34.9 Å². The highest BCUT2D eigenvalue weighted by Crippen LogP contribution is 2.26. The molecule has 0 unspecified atom stereocenters. The Labute approximate surface area is 172 Å². The Balaban J connectivity index is 2.18. The van der Waals surface area contributed by atoms with Crippen molar-refractivity contribution < 1.29 is 22.7 Å². The van der Waals surface area contributed by atoms with Gasteiger partial charge in [-0.3, -0.25) is 4.79 Å². The summed E-state index contributed by atoms with van der Waals surface area (Å²) in [5.74, 6) is 2.91. The third-order valence-electron chi connectivity index (χ3n) is 4.17. The molecule has 0 fully saturated rings. The van der Waals surface area contributed by atoms with Crippen molar-refractivity contribution in [1.82, 2.24) is 4.57 Å². The Morgan fingerprint density at radius 3 is 2.59 bits per heavy atom. The smallest absolute Gasteiger partial charge is 0.283 e. The lowest BCUT2D eigenvalue weighted by Gasteiger charge is -2.07. The van der Waals surface area contributed by atoms with Gasteiger partial charge >= 0.3 is 0 Å². The van der Waals surface area contributed by atoms with Gasteiger partial charge in [-0.15, -0.1) is 6.42 Å². The van der Waals surface area contributed by atoms with Crippen LogP contribution in [-0.2, 0) is 16.4 Å². The summed E-state index contributed by atoms with van der Waals surface area (Å²) in [5, 5.41) is 0. The largest absolute Gasteiger partial charge is 0.497 e. The molecule has 0 saturated carbocycles. The zero-order valence-electron chi connectivity index (χ0n) is 16.0. The van der Waals surface area contributed by atoms with Crippen LogP contribution in [0.5, 0.6) is 11.5 Å². The maximum Gasteiger partial charge on any atom is 0.283 e. The molecule has 0 aliphatic carbocycles. The highest BCUT2D eigenvalue weighted by atomic mass is 32.2. The number of sulfone groups is 1. The highest BCUT2D eigenvalue weighted by molar-refractivity contribution is 7.90. The lowest BCUT2D eigenvalue weighted by molar-refractivity contribution is 0.0995. The summed E-state index contributed by atoms with van der Waals surface area (Å²) in [4.78, 5) is 17.6. The molecule has 29 heavy (non-hydrogen) atoms. The number of ether oxygens (including phenoxy) is 2. The first-order valence-electron chi connectivity index (χ1n) is 8.36. The molecule has 3 aromatic rings. The molecular weight excluding hydrogens is 412 g/mol. The van der Waals surface area contributed by atoms with Crippen LogP contribution in [0.15, 0.2) is 46.3 Å². The van der Waals surface area contributed by atoms with Gasteiger partial charge in [-0.2, -0.15) is 4.99 Å². The monoisotopic (exact) mass is 430 g/mol. The molecule has 1 aromatic heterocycles. The molecule has 0 bridgehead atoms. The summed E-state index contributed by atoms with van der Waals surface area (Å²) in [5.41, 5.74) is 0.975. The lowest BCUT2D eigenvalue weighted by Crippen LogP contribution is -2.16. The Kier molecular flexibility index (Phi) is 5.77. The molecule has 150 valence electrons. The number of terminal acetylenes is 1. The van der Waals surface area contributed by atoms with E-state index in [0.717, 1.165) is 6.26 Å². The van der Waals surface area contributed by atoms with Gasteiger partial charge in [0.25, 0.3) is 5.91 Å². The average Bonchev–Trinajstić information content (AvgIpc) is 3.03. The number of thiazole rings is 1. The molecule has 0 aliphatic rings. The van der Waals surface area contributed by atoms with E-state index in [-0.39, 0.29) is 17.0 Å². The van der Waals surface area contributed by atoms with Gasteiger partial charge in [0.2, 0.25) is 0 Å². The number of aromatic nitrogens is 1. The Hall–Kier alpha value is -3.09. The van der Waals surface area contributed by atoms with Crippen LogP contribution in [0.25, 0.3) is 10.2 Å². The molecule has 0 N–H and O–H groups in total. The van der Waals surface area contributed by atoms with Crippen molar-refractivity contribution in [3.05, 3.63) is 46.8 Å². The SMILES string of the molecule is C#CCn1c(=NC(=O)c2ccc(OC)cc2OC)sc2cc(S(C)(=O)=O)ccc21. The number of hydrogen-bond donors (Lipinski definition) is 0. The van der Waals surface area contributed by atoms with E-state index in [1.807, 2.05) is 0 Å². The molecule has 1 heterocycles. The van der Waals surface area contributed by atoms with Crippen molar-refractivity contribution in [2.45, 2.75) is 11.4 Å². The molecule has 0 atom stereocenters. The van der Waals surface area contributed by atoms with Crippen molar-refractivity contribution in [3.8, 4) is 23.8 Å². The van der Waals surface area contributed by atoms with Crippen LogP contribution in [0.3, 0.4) is 0 Å². The summed E-state index contributed by atoms with van der Waals surface area (Å²) in [6.45, 7) is 0.185. The number of amides is 1. The Bertz CT molecular complexity index is 1310. The number of hydrogen-bond acceptors (Lipinski definition) is 6. The fraction of sp³-hybridized carbons (Fsp3) is 0.200. The van der Waals surface area contributed by atoms with Gasteiger partial charge < -0.3 is 14.0 Å². The Morgan fingerprint density at radius 2 is 1.97 bits per heavy atom. The fourth-order valence-electron chi connectivity index (χ4n) is 2.74. The molecule has 0 aliphatic heterocycles. The minimum atomic E-state index is -3.36. The second kappa shape index (κ2) is 8.11. The summed E-state index contributed by atoms with van der Waals surface area (Å²) >= 11 is 1.19. The fourth-order valence-corrected chi connectivity index (χ4v) is 4.52. The number of benzene rings is 2. The number of carbonyl (C=O) groups excluding carboxylic acids is 1. The van der Waals surface area contributed by atoms with Crippen molar-refractivity contribution in [2.24, 2.45) is 4.99 Å². The molecule has 2 aromatic carbocycles. The van der Waals surface area contributed by atoms with Crippen LogP contribution in [0.1, 0.15) is 10.4 Å². The summed E-state index contributed by atoms with van der Waals surface area (Å²) in [6, 6.07) is 9.54. The number of rotatable bonds is 5. The third-order valence-corrected chi connectivity index (χ3v) is 6.32. The van der Waals surface area contributed by atoms with Gasteiger partial charge in [-0.1, -0.05) is 17.3 Å². The minimum absolute atomic E-state index is 0.185. The normalized spacial score (nSPS) is 12.0. The highest BCUT2D eigenvalue weighted by Gasteiger charge is 2.15. The van der Waals surface area contributed by atoms with Crippen molar-refractivity contribution in [3.63, 3.8) is 0 Å². The first kappa shape index (κ1) is 20.6. The first-order valence-corrected chi connectivity index (χ1v) is 11.1. The predicted octanol–water partition coefficient (Wildman–Crippen LogP) is 2.50. The third kappa shape index (κ3) is 4.18. The summed E-state index contributed by atoms with van der Waals surface area (Å²) in [6.07, 6.45) is 6.62. The second-order valence-corrected chi connectivity index (χ2v) is 9.08. The van der Waals surface area contributed by atoms with Gasteiger partial charge in [0.15, 0.2) is 14.6 Å². The first-order chi connectivity index (χ1) is 13.8. The van der Waals surface area contributed by atoms with Crippen LogP contribution >= 0.6 is 11.3 Å². The molecule has 7 nitrogen and oxygen atoms in total. The van der Waals surface area contributed by atoms with Crippen LogP contribution in [0.4, 0.5) is 0 Å². The van der Waals surface area contributed by atoms with E-state index >= 15 is 0 Å². The topological polar surface area (TPSA) is 87.0 Å². The van der Waals surface area contributed by atoms with Crippen molar-refractivity contribution in [2.75, 3.05) is 20.5 Å². The molecule has 9 heteroatoms. The van der Waals surface area contributed by atoms with Crippen LogP contribution in [0, 0.1) is 12.3 Å². The quantitative estimate of drug-likeness (QED) is 0.581. The van der Waals surface area contributed by atoms with Crippen LogP contribution in [0.2, 0.25) is 0 Å². The predicted molar refractivity (Wildman–Crippen MR) is 111 cm³/mol. The molecule has 3 rings (SSSR count). The van der Waals surface area contributed by atoms with E-state index in [4.69, 9.17) is 15.9 Å². The Morgan fingerprint density at radius 1 is 1.21 bits per heavy atom. The lowest BCUT2D eigenvalue weighted by atomic mass is 10.2. The second-order valence-electron chi connectivity index (χ2n) is 6.06.